The van der Waals surface area contributed by atoms with Crippen LogP contribution >= 0.6 is 0 Å². The Morgan fingerprint density at radius 3 is 1.81 bits per heavy atom. The van der Waals surface area contributed by atoms with Crippen LogP contribution in [0.5, 0.6) is 0 Å². The minimum Gasteiger partial charge on any atom is -0.449 e. The number of unbranched alkanes of at least 4 members (excludes halogenated alkanes) is 7. The van der Waals surface area contributed by atoms with Crippen molar-refractivity contribution in [3.63, 3.8) is 0 Å². The second-order valence-corrected chi connectivity index (χ2v) is 6.39. The van der Waals surface area contributed by atoms with E-state index in [-0.39, 0.29) is 6.09 Å². The third-order valence-electron chi connectivity index (χ3n) is 3.99. The lowest BCUT2D eigenvalue weighted by Gasteiger charge is -2.19. The van der Waals surface area contributed by atoms with Crippen LogP contribution in [0.4, 0.5) is 4.79 Å². The number of rotatable bonds is 13. The van der Waals surface area contributed by atoms with Crippen LogP contribution in [0, 0.1) is 5.92 Å². The molecule has 0 heterocycles. The first-order valence-corrected chi connectivity index (χ1v) is 8.95. The maximum Gasteiger partial charge on any atom is 0.409 e. The summed E-state index contributed by atoms with van der Waals surface area (Å²) in [7, 11) is 3.48. The van der Waals surface area contributed by atoms with E-state index in [0.29, 0.717) is 12.5 Å². The summed E-state index contributed by atoms with van der Waals surface area (Å²) < 4.78 is 5.39. The molecule has 0 aliphatic rings. The highest BCUT2D eigenvalue weighted by molar-refractivity contribution is 5.66. The van der Waals surface area contributed by atoms with Crippen molar-refractivity contribution in [1.29, 1.82) is 0 Å². The fraction of sp³-hybridized carbons (Fsp3) is 0.944. The predicted octanol–water partition coefficient (Wildman–Crippen LogP) is 5.63. The average molecular weight is 299 g/mol. The zero-order valence-corrected chi connectivity index (χ0v) is 14.8. The second kappa shape index (κ2) is 14.2. The van der Waals surface area contributed by atoms with Crippen LogP contribution in [-0.4, -0.2) is 31.7 Å². The molecule has 1 unspecified atom stereocenters. The van der Waals surface area contributed by atoms with Crippen molar-refractivity contribution in [2.45, 2.75) is 84.5 Å². The Bertz CT molecular complexity index is 241. The largest absolute Gasteiger partial charge is 0.449 e. The summed E-state index contributed by atoms with van der Waals surface area (Å²) >= 11 is 0. The Hall–Kier alpha value is -0.730. The molecule has 3 heteroatoms. The smallest absolute Gasteiger partial charge is 0.409 e. The molecule has 0 rings (SSSR count). The lowest BCUT2D eigenvalue weighted by atomic mass is 9.95. The first-order chi connectivity index (χ1) is 10.1. The van der Waals surface area contributed by atoms with E-state index >= 15 is 0 Å². The molecule has 0 aliphatic carbocycles. The number of nitrogens with zero attached hydrogens (tertiary/aromatic N) is 1. The van der Waals surface area contributed by atoms with E-state index in [9.17, 15) is 4.79 Å². The SMILES string of the molecule is CCCCCCCC(CCCCCC)COC(=O)N(C)C. The Labute approximate surface area is 132 Å². The van der Waals surface area contributed by atoms with Crippen LogP contribution in [0.2, 0.25) is 0 Å². The van der Waals surface area contributed by atoms with E-state index in [4.69, 9.17) is 4.74 Å². The number of hydrogen-bond acceptors (Lipinski definition) is 2. The number of amides is 1. The lowest BCUT2D eigenvalue weighted by molar-refractivity contribution is 0.0965. The highest BCUT2D eigenvalue weighted by atomic mass is 16.6. The molecule has 1 atom stereocenters. The van der Waals surface area contributed by atoms with Gasteiger partial charge < -0.3 is 9.64 Å². The highest BCUT2D eigenvalue weighted by Gasteiger charge is 2.13. The minimum atomic E-state index is -0.209. The molecule has 126 valence electrons. The van der Waals surface area contributed by atoms with Gasteiger partial charge in [-0.1, -0.05) is 71.6 Å². The quantitative estimate of drug-likeness (QED) is 0.412. The number of hydrogen-bond donors (Lipinski definition) is 0. The molecule has 0 aliphatic heterocycles. The van der Waals surface area contributed by atoms with Crippen molar-refractivity contribution in [3.05, 3.63) is 0 Å². The van der Waals surface area contributed by atoms with Gasteiger partial charge in [-0.2, -0.15) is 0 Å². The third kappa shape index (κ3) is 12.7. The van der Waals surface area contributed by atoms with Crippen molar-refractivity contribution in [2.75, 3.05) is 20.7 Å². The second-order valence-electron chi connectivity index (χ2n) is 6.39. The molecule has 0 bridgehead atoms. The number of carbonyl (C=O) groups excluding carboxylic acids is 1. The first-order valence-electron chi connectivity index (χ1n) is 8.95. The van der Waals surface area contributed by atoms with Gasteiger partial charge in [0, 0.05) is 14.1 Å². The predicted molar refractivity (Wildman–Crippen MR) is 90.7 cm³/mol. The van der Waals surface area contributed by atoms with Gasteiger partial charge >= 0.3 is 6.09 Å². The Morgan fingerprint density at radius 2 is 1.33 bits per heavy atom. The summed E-state index contributed by atoms with van der Waals surface area (Å²) in [5.74, 6) is 0.549. The van der Waals surface area contributed by atoms with Crippen molar-refractivity contribution in [3.8, 4) is 0 Å². The summed E-state index contributed by atoms with van der Waals surface area (Å²) in [5, 5.41) is 0. The molecule has 0 aromatic carbocycles. The maximum absolute atomic E-state index is 11.5. The van der Waals surface area contributed by atoms with Crippen LogP contribution in [0.3, 0.4) is 0 Å². The molecule has 3 nitrogen and oxygen atoms in total. The van der Waals surface area contributed by atoms with Gasteiger partial charge in [0.15, 0.2) is 0 Å². The fourth-order valence-corrected chi connectivity index (χ4v) is 2.53. The van der Waals surface area contributed by atoms with Gasteiger partial charge in [0.1, 0.15) is 0 Å². The Kier molecular flexibility index (Phi) is 13.7. The molecular formula is C18H37NO2. The van der Waals surface area contributed by atoms with Gasteiger partial charge in [-0.25, -0.2) is 4.79 Å². The summed E-state index contributed by atoms with van der Waals surface area (Å²) in [6.45, 7) is 5.08. The monoisotopic (exact) mass is 299 g/mol. The van der Waals surface area contributed by atoms with Gasteiger partial charge in [0.25, 0.3) is 0 Å². The molecule has 0 saturated heterocycles. The topological polar surface area (TPSA) is 29.5 Å². The normalized spacial score (nSPS) is 12.2. The standard InChI is InChI=1S/C18H37NO2/c1-5-7-9-11-13-15-17(14-12-10-8-6-2)16-21-18(20)19(3)4/h17H,5-16H2,1-4H3. The fourth-order valence-electron chi connectivity index (χ4n) is 2.53. The molecule has 1 amide bonds. The van der Waals surface area contributed by atoms with Gasteiger partial charge in [-0.15, -0.1) is 0 Å². The molecule has 0 saturated carbocycles. The molecule has 0 spiro atoms. The molecule has 0 N–H and O–H groups in total. The van der Waals surface area contributed by atoms with E-state index in [2.05, 4.69) is 13.8 Å². The molecule has 21 heavy (non-hydrogen) atoms. The van der Waals surface area contributed by atoms with Crippen LogP contribution in [0.25, 0.3) is 0 Å². The van der Waals surface area contributed by atoms with Gasteiger partial charge in [-0.3, -0.25) is 0 Å². The maximum atomic E-state index is 11.5. The molecular weight excluding hydrogens is 262 g/mol. The summed E-state index contributed by atoms with van der Waals surface area (Å²) in [6, 6.07) is 0. The zero-order chi connectivity index (χ0) is 15.9. The number of ether oxygens (including phenoxy) is 1. The molecule has 0 fully saturated rings. The first kappa shape index (κ1) is 20.3. The van der Waals surface area contributed by atoms with Crippen molar-refractivity contribution >= 4 is 6.09 Å². The third-order valence-corrected chi connectivity index (χ3v) is 3.99. The summed E-state index contributed by atoms with van der Waals surface area (Å²) in [4.78, 5) is 13.1. The average Bonchev–Trinajstić information content (AvgIpc) is 2.47. The Morgan fingerprint density at radius 1 is 0.857 bits per heavy atom. The Balaban J connectivity index is 3.93. The van der Waals surface area contributed by atoms with Crippen LogP contribution < -0.4 is 0 Å². The summed E-state index contributed by atoms with van der Waals surface area (Å²) in [6.07, 6.45) is 14.0. The van der Waals surface area contributed by atoms with E-state index in [1.807, 2.05) is 0 Å². The highest BCUT2D eigenvalue weighted by Crippen LogP contribution is 2.19. The summed E-state index contributed by atoms with van der Waals surface area (Å²) in [5.41, 5.74) is 0. The molecule has 0 radical (unpaired) electrons. The zero-order valence-electron chi connectivity index (χ0n) is 14.8. The van der Waals surface area contributed by atoms with Gasteiger partial charge in [0.2, 0.25) is 0 Å². The van der Waals surface area contributed by atoms with Crippen molar-refractivity contribution in [1.82, 2.24) is 4.90 Å². The minimum absolute atomic E-state index is 0.209. The molecule has 0 aromatic heterocycles. The van der Waals surface area contributed by atoms with Crippen LogP contribution in [0.1, 0.15) is 84.5 Å². The van der Waals surface area contributed by atoms with E-state index in [1.165, 1.54) is 75.5 Å². The lowest BCUT2D eigenvalue weighted by Crippen LogP contribution is -2.25. The van der Waals surface area contributed by atoms with Crippen LogP contribution in [0.15, 0.2) is 0 Å². The number of carbonyl (C=O) groups is 1. The van der Waals surface area contributed by atoms with Gasteiger partial charge in [-0.05, 0) is 18.8 Å². The van der Waals surface area contributed by atoms with Crippen molar-refractivity contribution < 1.29 is 9.53 Å². The van der Waals surface area contributed by atoms with Gasteiger partial charge in [0.05, 0.1) is 6.61 Å². The van der Waals surface area contributed by atoms with E-state index < -0.39 is 0 Å². The van der Waals surface area contributed by atoms with Crippen molar-refractivity contribution in [2.24, 2.45) is 5.92 Å². The molecule has 0 aromatic rings. The van der Waals surface area contributed by atoms with E-state index in [1.54, 1.807) is 14.1 Å². The van der Waals surface area contributed by atoms with E-state index in [0.717, 1.165) is 0 Å². The van der Waals surface area contributed by atoms with Crippen LogP contribution in [-0.2, 0) is 4.74 Å².